The van der Waals surface area contributed by atoms with Crippen LogP contribution in [-0.2, 0) is 28.5 Å². The predicted octanol–water partition coefficient (Wildman–Crippen LogP) is -0.106. The van der Waals surface area contributed by atoms with Crippen molar-refractivity contribution in [1.29, 1.82) is 0 Å². The fourth-order valence-corrected chi connectivity index (χ4v) is 3.87. The first kappa shape index (κ1) is 22.4. The number of aromatic nitrogens is 3. The number of nitrogens with two attached hydrogens (primary N) is 1. The molecule has 168 valence electrons. The molecule has 0 unspecified atom stereocenters. The van der Waals surface area contributed by atoms with Crippen LogP contribution in [0.3, 0.4) is 0 Å². The van der Waals surface area contributed by atoms with Gasteiger partial charge in [0.25, 0.3) is 0 Å². The van der Waals surface area contributed by atoms with Gasteiger partial charge in [-0.25, -0.2) is 9.78 Å². The van der Waals surface area contributed by atoms with Crippen molar-refractivity contribution in [1.82, 2.24) is 19.4 Å². The van der Waals surface area contributed by atoms with Gasteiger partial charge in [0.2, 0.25) is 5.95 Å². The Morgan fingerprint density at radius 1 is 1.23 bits per heavy atom. The van der Waals surface area contributed by atoms with Gasteiger partial charge in [0.15, 0.2) is 24.1 Å². The highest BCUT2D eigenvalue weighted by Crippen LogP contribution is 2.35. The molecule has 0 aliphatic carbocycles. The average molecular weight is 455 g/mol. The smallest absolute Gasteiger partial charge is 0.409 e. The van der Waals surface area contributed by atoms with Crippen molar-refractivity contribution in [3.63, 3.8) is 0 Å². The number of carbonyl (C=O) groups is 3. The van der Waals surface area contributed by atoms with E-state index in [1.54, 1.807) is 0 Å². The summed E-state index contributed by atoms with van der Waals surface area (Å²) in [5, 5.41) is 0. The van der Waals surface area contributed by atoms with Crippen LogP contribution >= 0.6 is 11.3 Å². The third kappa shape index (κ3) is 4.74. The number of amides is 1. The molecule has 13 nitrogen and oxygen atoms in total. The van der Waals surface area contributed by atoms with E-state index in [2.05, 4.69) is 9.97 Å². The number of hydrogen-bond donors (Lipinski definition) is 1. The van der Waals surface area contributed by atoms with Crippen molar-refractivity contribution in [2.45, 2.75) is 38.4 Å². The van der Waals surface area contributed by atoms with E-state index in [-0.39, 0.29) is 18.2 Å². The van der Waals surface area contributed by atoms with E-state index in [0.29, 0.717) is 4.70 Å². The number of nitrogen functional groups attached to an aromatic ring is 1. The number of nitrogens with zero attached hydrogens (tertiary/aromatic N) is 4. The van der Waals surface area contributed by atoms with Gasteiger partial charge in [0.1, 0.15) is 12.7 Å². The number of hydrogen-bond acceptors (Lipinski definition) is 12. The zero-order valence-electron chi connectivity index (χ0n) is 17.1. The maximum absolute atomic E-state index is 12.7. The van der Waals surface area contributed by atoms with Crippen LogP contribution in [0, 0.1) is 0 Å². The summed E-state index contributed by atoms with van der Waals surface area (Å²) < 4.78 is 23.3. The molecule has 1 aliphatic heterocycles. The summed E-state index contributed by atoms with van der Waals surface area (Å²) in [6.45, 7) is 2.01. The van der Waals surface area contributed by atoms with Gasteiger partial charge >= 0.3 is 22.9 Å². The van der Waals surface area contributed by atoms with E-state index in [1.807, 2.05) is 0 Å². The molecule has 1 amide bonds. The second-order valence-corrected chi connectivity index (χ2v) is 7.83. The fourth-order valence-electron chi connectivity index (χ4n) is 3.06. The normalized spacial score (nSPS) is 22.8. The standard InChI is InChI=1S/C17H21N5O8S/c1-7(23)28-11-9(6-27-16(25)21(3)4)30-14(12(11)29-8(2)24)22-13-10(31-17(22)26)5-19-15(18)20-13/h5,9,11-12,14H,6H2,1-4H3,(H2,18,19,20)/t9-,11+,12-,14-/m1/s1. The molecule has 0 saturated carbocycles. The minimum absolute atomic E-state index is 0.0749. The number of fused-ring (bicyclic) bond motifs is 1. The summed E-state index contributed by atoms with van der Waals surface area (Å²) in [5.74, 6) is -1.44. The monoisotopic (exact) mass is 455 g/mol. The number of rotatable bonds is 5. The van der Waals surface area contributed by atoms with Crippen molar-refractivity contribution in [2.75, 3.05) is 26.4 Å². The van der Waals surface area contributed by atoms with Gasteiger partial charge in [-0.15, -0.1) is 0 Å². The van der Waals surface area contributed by atoms with Crippen LogP contribution in [-0.4, -0.2) is 76.5 Å². The summed E-state index contributed by atoms with van der Waals surface area (Å²) >= 11 is 0.840. The van der Waals surface area contributed by atoms with E-state index in [9.17, 15) is 19.2 Å². The minimum Gasteiger partial charge on any atom is -0.455 e. The van der Waals surface area contributed by atoms with Gasteiger partial charge in [-0.05, 0) is 0 Å². The van der Waals surface area contributed by atoms with Gasteiger partial charge in [-0.1, -0.05) is 11.3 Å². The Hall–Kier alpha value is -3.26. The Morgan fingerprint density at radius 2 is 1.87 bits per heavy atom. The van der Waals surface area contributed by atoms with E-state index in [4.69, 9.17) is 24.7 Å². The highest BCUT2D eigenvalue weighted by molar-refractivity contribution is 7.16. The quantitative estimate of drug-likeness (QED) is 0.472. The number of anilines is 1. The maximum Gasteiger partial charge on any atom is 0.409 e. The summed E-state index contributed by atoms with van der Waals surface area (Å²) in [4.78, 5) is 56.7. The molecule has 2 N–H and O–H groups in total. The zero-order chi connectivity index (χ0) is 22.9. The lowest BCUT2D eigenvalue weighted by Crippen LogP contribution is -2.41. The third-order valence-electron chi connectivity index (χ3n) is 4.26. The van der Waals surface area contributed by atoms with Crippen LogP contribution in [0.15, 0.2) is 11.0 Å². The second kappa shape index (κ2) is 8.85. The highest BCUT2D eigenvalue weighted by Gasteiger charge is 2.51. The van der Waals surface area contributed by atoms with Crippen molar-refractivity contribution in [3.8, 4) is 0 Å². The SMILES string of the molecule is CC(=O)O[C@@H]1[C@@H](OC(C)=O)[C@@H](COC(=O)N(C)C)O[C@H]1n1c(=O)sc2cnc(N)nc21. The van der Waals surface area contributed by atoms with Crippen LogP contribution in [0.4, 0.5) is 10.7 Å². The second-order valence-electron chi connectivity index (χ2n) is 6.84. The van der Waals surface area contributed by atoms with Crippen molar-refractivity contribution >= 4 is 45.7 Å². The molecule has 2 aromatic heterocycles. The Labute approximate surface area is 179 Å². The number of esters is 2. The molecule has 3 heterocycles. The van der Waals surface area contributed by atoms with Gasteiger partial charge in [-0.3, -0.25) is 19.0 Å². The molecular weight excluding hydrogens is 434 g/mol. The van der Waals surface area contributed by atoms with E-state index in [0.717, 1.165) is 22.8 Å². The van der Waals surface area contributed by atoms with Gasteiger partial charge in [0.05, 0.1) is 10.9 Å². The summed E-state index contributed by atoms with van der Waals surface area (Å²) in [7, 11) is 2.99. The lowest BCUT2D eigenvalue weighted by Gasteiger charge is -2.23. The largest absolute Gasteiger partial charge is 0.455 e. The third-order valence-corrected chi connectivity index (χ3v) is 5.14. The molecule has 0 aromatic carbocycles. The van der Waals surface area contributed by atoms with Crippen LogP contribution < -0.4 is 10.6 Å². The van der Waals surface area contributed by atoms with Crippen LogP contribution in [0.2, 0.25) is 0 Å². The summed E-state index contributed by atoms with van der Waals surface area (Å²) in [6, 6.07) is 0. The molecule has 14 heteroatoms. The van der Waals surface area contributed by atoms with E-state index >= 15 is 0 Å². The van der Waals surface area contributed by atoms with Crippen LogP contribution in [0.5, 0.6) is 0 Å². The number of thiazole rings is 1. The molecule has 0 spiro atoms. The fraction of sp³-hybridized carbons (Fsp3) is 0.529. The van der Waals surface area contributed by atoms with Crippen molar-refractivity contribution in [3.05, 3.63) is 15.9 Å². The molecule has 0 bridgehead atoms. The molecule has 1 saturated heterocycles. The van der Waals surface area contributed by atoms with Gasteiger partial charge < -0.3 is 29.6 Å². The van der Waals surface area contributed by atoms with Crippen LogP contribution in [0.1, 0.15) is 20.1 Å². The molecule has 3 rings (SSSR count). The first-order valence-corrected chi connectivity index (χ1v) is 9.87. The zero-order valence-corrected chi connectivity index (χ0v) is 18.0. The first-order valence-electron chi connectivity index (χ1n) is 9.06. The Balaban J connectivity index is 2.03. The molecule has 1 aliphatic rings. The molecule has 2 aromatic rings. The Kier molecular flexibility index (Phi) is 6.40. The Bertz CT molecular complexity index is 1070. The molecule has 1 fully saturated rings. The lowest BCUT2D eigenvalue weighted by molar-refractivity contribution is -0.165. The minimum atomic E-state index is -1.22. The molecule has 4 atom stereocenters. The lowest BCUT2D eigenvalue weighted by atomic mass is 10.1. The van der Waals surface area contributed by atoms with Crippen molar-refractivity contribution < 1.29 is 33.3 Å². The van der Waals surface area contributed by atoms with E-state index < -0.39 is 47.4 Å². The van der Waals surface area contributed by atoms with Crippen molar-refractivity contribution in [2.24, 2.45) is 0 Å². The first-order chi connectivity index (χ1) is 14.6. The number of carbonyl (C=O) groups excluding carboxylic acids is 3. The maximum atomic E-state index is 12.7. The van der Waals surface area contributed by atoms with Gasteiger partial charge in [0, 0.05) is 27.9 Å². The van der Waals surface area contributed by atoms with E-state index in [1.165, 1.54) is 32.1 Å². The Morgan fingerprint density at radius 3 is 2.48 bits per heavy atom. The van der Waals surface area contributed by atoms with Gasteiger partial charge in [-0.2, -0.15) is 4.98 Å². The molecule has 0 radical (unpaired) electrons. The highest BCUT2D eigenvalue weighted by atomic mass is 32.1. The number of ether oxygens (including phenoxy) is 4. The molecule has 31 heavy (non-hydrogen) atoms. The van der Waals surface area contributed by atoms with Crippen LogP contribution in [0.25, 0.3) is 10.3 Å². The average Bonchev–Trinajstić information content (AvgIpc) is 3.15. The topological polar surface area (TPSA) is 165 Å². The summed E-state index contributed by atoms with van der Waals surface area (Å²) in [6.07, 6.45) is -3.87. The predicted molar refractivity (Wildman–Crippen MR) is 106 cm³/mol. The summed E-state index contributed by atoms with van der Waals surface area (Å²) in [5.41, 5.74) is 5.82. The molecular formula is C17H21N5O8S.